The number of fused-ring (bicyclic) bond motifs is 1. The molecule has 0 atom stereocenters. The Labute approximate surface area is 151 Å². The molecule has 0 saturated carbocycles. The minimum Gasteiger partial charge on any atom is -0.323 e. The lowest BCUT2D eigenvalue weighted by atomic mass is 9.87. The van der Waals surface area contributed by atoms with Gasteiger partial charge in [0.25, 0.3) is 0 Å². The van der Waals surface area contributed by atoms with Crippen LogP contribution in [-0.4, -0.2) is 9.55 Å². The lowest BCUT2D eigenvalue weighted by molar-refractivity contribution is 0.394. The van der Waals surface area contributed by atoms with E-state index in [9.17, 15) is 0 Å². The average molecular weight is 335 g/mol. The first-order valence-corrected chi connectivity index (χ1v) is 9.17. The van der Waals surface area contributed by atoms with Crippen LogP contribution in [0.5, 0.6) is 0 Å². The molecule has 0 aliphatic carbocycles. The van der Waals surface area contributed by atoms with Gasteiger partial charge in [0, 0.05) is 13.0 Å². The predicted octanol–water partition coefficient (Wildman–Crippen LogP) is 5.97. The van der Waals surface area contributed by atoms with Crippen LogP contribution in [0.4, 0.5) is 0 Å². The topological polar surface area (TPSA) is 17.8 Å². The van der Waals surface area contributed by atoms with Crippen molar-refractivity contribution in [3.63, 3.8) is 0 Å². The van der Waals surface area contributed by atoms with Crippen LogP contribution < -0.4 is 0 Å². The fourth-order valence-corrected chi connectivity index (χ4v) is 3.20. The van der Waals surface area contributed by atoms with Crippen molar-refractivity contribution in [3.8, 4) is 0 Å². The van der Waals surface area contributed by atoms with Crippen LogP contribution >= 0.6 is 0 Å². The van der Waals surface area contributed by atoms with Gasteiger partial charge in [0.15, 0.2) is 0 Å². The molecule has 0 aliphatic rings. The van der Waals surface area contributed by atoms with Crippen molar-refractivity contribution in [2.45, 2.75) is 59.9 Å². The van der Waals surface area contributed by atoms with Crippen LogP contribution in [0.2, 0.25) is 0 Å². The number of benzene rings is 2. The maximum Gasteiger partial charge on any atom is 0.110 e. The summed E-state index contributed by atoms with van der Waals surface area (Å²) in [7, 11) is 0. The highest BCUT2D eigenvalue weighted by molar-refractivity contribution is 5.76. The van der Waals surface area contributed by atoms with Crippen LogP contribution in [0, 0.1) is 5.41 Å². The molecule has 2 heteroatoms. The van der Waals surface area contributed by atoms with Crippen molar-refractivity contribution >= 4 is 11.0 Å². The Bertz CT molecular complexity index is 856. The number of rotatable bonds is 3. The summed E-state index contributed by atoms with van der Waals surface area (Å²) in [6, 6.07) is 17.5. The zero-order chi connectivity index (χ0) is 18.2. The quantitative estimate of drug-likeness (QED) is 0.577. The third-order valence-corrected chi connectivity index (χ3v) is 4.58. The SMILES string of the molecule is CC(C)(C)Cc1nc2ccccc2n1Cc1ccc(C(C)(C)C)cc1. The summed E-state index contributed by atoms with van der Waals surface area (Å²) in [5, 5.41) is 0. The minimum atomic E-state index is 0.192. The lowest BCUT2D eigenvalue weighted by Crippen LogP contribution is -2.15. The summed E-state index contributed by atoms with van der Waals surface area (Å²) in [6.07, 6.45) is 0.974. The van der Waals surface area contributed by atoms with E-state index in [1.54, 1.807) is 0 Å². The first-order chi connectivity index (χ1) is 11.6. The molecule has 2 nitrogen and oxygen atoms in total. The number of para-hydroxylation sites is 2. The van der Waals surface area contributed by atoms with Gasteiger partial charge in [-0.05, 0) is 34.1 Å². The molecule has 0 N–H and O–H groups in total. The van der Waals surface area contributed by atoms with Gasteiger partial charge in [-0.25, -0.2) is 4.98 Å². The van der Waals surface area contributed by atoms with E-state index in [1.807, 2.05) is 0 Å². The molecule has 1 heterocycles. The number of hydrogen-bond donors (Lipinski definition) is 0. The molecule has 2 aromatic carbocycles. The molecule has 0 saturated heterocycles. The second kappa shape index (κ2) is 6.33. The molecule has 0 bridgehead atoms. The first-order valence-electron chi connectivity index (χ1n) is 9.17. The van der Waals surface area contributed by atoms with Crippen LogP contribution in [-0.2, 0) is 18.4 Å². The molecule has 0 radical (unpaired) electrons. The van der Waals surface area contributed by atoms with Gasteiger partial charge in [-0.15, -0.1) is 0 Å². The summed E-state index contributed by atoms with van der Waals surface area (Å²) in [5.41, 5.74) is 5.43. The summed E-state index contributed by atoms with van der Waals surface area (Å²) >= 11 is 0. The van der Waals surface area contributed by atoms with Gasteiger partial charge >= 0.3 is 0 Å². The van der Waals surface area contributed by atoms with Gasteiger partial charge < -0.3 is 4.57 Å². The summed E-state index contributed by atoms with van der Waals surface area (Å²) in [6.45, 7) is 14.5. The van der Waals surface area contributed by atoms with Crippen molar-refractivity contribution in [1.82, 2.24) is 9.55 Å². The highest BCUT2D eigenvalue weighted by Gasteiger charge is 2.18. The third kappa shape index (κ3) is 4.12. The minimum absolute atomic E-state index is 0.192. The van der Waals surface area contributed by atoms with Gasteiger partial charge in [0.1, 0.15) is 5.82 Å². The highest BCUT2D eigenvalue weighted by Crippen LogP contribution is 2.26. The van der Waals surface area contributed by atoms with Crippen molar-refractivity contribution in [1.29, 1.82) is 0 Å². The maximum atomic E-state index is 4.91. The fraction of sp³-hybridized carbons (Fsp3) is 0.435. The van der Waals surface area contributed by atoms with Gasteiger partial charge in [0.2, 0.25) is 0 Å². The predicted molar refractivity (Wildman–Crippen MR) is 107 cm³/mol. The van der Waals surface area contributed by atoms with Crippen molar-refractivity contribution in [3.05, 3.63) is 65.5 Å². The van der Waals surface area contributed by atoms with Gasteiger partial charge in [0.05, 0.1) is 11.0 Å². The van der Waals surface area contributed by atoms with Crippen LogP contribution in [0.15, 0.2) is 48.5 Å². The highest BCUT2D eigenvalue weighted by atomic mass is 15.1. The van der Waals surface area contributed by atoms with Crippen LogP contribution in [0.25, 0.3) is 11.0 Å². The number of nitrogens with zero attached hydrogens (tertiary/aromatic N) is 2. The average Bonchev–Trinajstić information content (AvgIpc) is 2.83. The first kappa shape index (κ1) is 17.7. The summed E-state index contributed by atoms with van der Waals surface area (Å²) in [4.78, 5) is 4.91. The smallest absolute Gasteiger partial charge is 0.110 e. The molecule has 3 aromatic rings. The molecule has 0 unspecified atom stereocenters. The summed E-state index contributed by atoms with van der Waals surface area (Å²) in [5.74, 6) is 1.17. The third-order valence-electron chi connectivity index (χ3n) is 4.58. The Balaban J connectivity index is 1.98. The lowest BCUT2D eigenvalue weighted by Gasteiger charge is -2.20. The standard InChI is InChI=1S/C23H30N2/c1-22(2,3)15-21-24-19-9-7-8-10-20(19)25(21)16-17-11-13-18(14-12-17)23(4,5)6/h7-14H,15-16H2,1-6H3. The summed E-state index contributed by atoms with van der Waals surface area (Å²) < 4.78 is 2.38. The number of aromatic nitrogens is 2. The molecule has 0 aliphatic heterocycles. The molecular weight excluding hydrogens is 304 g/mol. The maximum absolute atomic E-state index is 4.91. The van der Waals surface area contributed by atoms with Gasteiger partial charge in [-0.3, -0.25) is 0 Å². The molecular formula is C23H30N2. The Hall–Kier alpha value is -2.09. The Kier molecular flexibility index (Phi) is 4.49. The van der Waals surface area contributed by atoms with Crippen LogP contribution in [0.1, 0.15) is 58.5 Å². The monoisotopic (exact) mass is 334 g/mol. The van der Waals surface area contributed by atoms with E-state index in [0.717, 1.165) is 18.5 Å². The van der Waals surface area contributed by atoms with E-state index in [-0.39, 0.29) is 10.8 Å². The van der Waals surface area contributed by atoms with E-state index < -0.39 is 0 Å². The second-order valence-corrected chi connectivity index (χ2v) is 9.29. The number of imidazole rings is 1. The molecule has 0 amide bonds. The molecule has 132 valence electrons. The molecule has 0 spiro atoms. The molecule has 3 rings (SSSR count). The van der Waals surface area contributed by atoms with E-state index in [2.05, 4.69) is 94.6 Å². The van der Waals surface area contributed by atoms with E-state index >= 15 is 0 Å². The second-order valence-electron chi connectivity index (χ2n) is 9.29. The van der Waals surface area contributed by atoms with Crippen LogP contribution in [0.3, 0.4) is 0 Å². The van der Waals surface area contributed by atoms with E-state index in [1.165, 1.54) is 22.5 Å². The number of hydrogen-bond acceptors (Lipinski definition) is 1. The molecule has 25 heavy (non-hydrogen) atoms. The Morgan fingerprint density at radius 3 is 2.08 bits per heavy atom. The molecule has 1 aromatic heterocycles. The zero-order valence-electron chi connectivity index (χ0n) is 16.4. The van der Waals surface area contributed by atoms with Gasteiger partial charge in [-0.1, -0.05) is 77.9 Å². The Morgan fingerprint density at radius 1 is 0.840 bits per heavy atom. The van der Waals surface area contributed by atoms with Crippen molar-refractivity contribution < 1.29 is 0 Å². The molecule has 0 fully saturated rings. The van der Waals surface area contributed by atoms with E-state index in [4.69, 9.17) is 4.98 Å². The van der Waals surface area contributed by atoms with E-state index in [0.29, 0.717) is 0 Å². The fourth-order valence-electron chi connectivity index (χ4n) is 3.20. The van der Waals surface area contributed by atoms with Crippen molar-refractivity contribution in [2.75, 3.05) is 0 Å². The normalized spacial score (nSPS) is 12.7. The Morgan fingerprint density at radius 2 is 1.48 bits per heavy atom. The van der Waals surface area contributed by atoms with Crippen molar-refractivity contribution in [2.24, 2.45) is 5.41 Å². The largest absolute Gasteiger partial charge is 0.323 e. The zero-order valence-corrected chi connectivity index (χ0v) is 16.4. The van der Waals surface area contributed by atoms with Gasteiger partial charge in [-0.2, -0.15) is 0 Å².